The van der Waals surface area contributed by atoms with Crippen LogP contribution in [-0.2, 0) is 0 Å². The van der Waals surface area contributed by atoms with Crippen molar-refractivity contribution < 1.29 is 9.11 Å². The average Bonchev–Trinajstić information content (AvgIpc) is 2.04. The van der Waals surface area contributed by atoms with Gasteiger partial charge in [0.1, 0.15) is 4.90 Å². The van der Waals surface area contributed by atoms with Gasteiger partial charge in [0.2, 0.25) is 0 Å². The third kappa shape index (κ3) is 1.08. The molecule has 0 unspecified atom stereocenters. The Kier molecular flexibility index (Phi) is 1.57. The third-order valence-electron chi connectivity index (χ3n) is 1.54. The van der Waals surface area contributed by atoms with E-state index in [1.807, 2.05) is 0 Å². The van der Waals surface area contributed by atoms with Crippen molar-refractivity contribution in [1.82, 2.24) is 4.72 Å². The highest BCUT2D eigenvalue weighted by molar-refractivity contribution is 8.23. The Morgan fingerprint density at radius 1 is 1.33 bits per heavy atom. The molecule has 0 saturated heterocycles. The van der Waals surface area contributed by atoms with Crippen LogP contribution in [0, 0.1) is 0 Å². The van der Waals surface area contributed by atoms with Crippen molar-refractivity contribution in [3.8, 4) is 0 Å². The van der Waals surface area contributed by atoms with Crippen molar-refractivity contribution >= 4 is 22.8 Å². The second-order valence-corrected chi connectivity index (χ2v) is 4.08. The van der Waals surface area contributed by atoms with Gasteiger partial charge in [0, 0.05) is 0 Å². The first kappa shape index (κ1) is 7.60. The van der Waals surface area contributed by atoms with Gasteiger partial charge < -0.3 is 0 Å². The molecule has 63 valence electrons. The van der Waals surface area contributed by atoms with Gasteiger partial charge in [-0.05, 0) is 12.1 Å². The normalized spacial score (nSPS) is 20.8. The first-order valence-electron chi connectivity index (χ1n) is 3.30. The molecule has 1 aromatic carbocycles. The smallest absolute Gasteiger partial charge is 0.190 e. The van der Waals surface area contributed by atoms with Gasteiger partial charge in [-0.1, -0.05) is 22.9 Å². The van der Waals surface area contributed by atoms with Gasteiger partial charge in [0.25, 0.3) is 0 Å². The minimum atomic E-state index is -2.90. The van der Waals surface area contributed by atoms with E-state index in [0.717, 1.165) is 0 Å². The lowest BCUT2D eigenvalue weighted by molar-refractivity contribution is 0.481. The molecule has 0 aromatic heterocycles. The lowest BCUT2D eigenvalue weighted by Crippen LogP contribution is -2.20. The standard InChI is InChI=1S/C7H7N2O2S/c10-12(11)7-4-2-1-3-6(7)8-5-9-12/h1-4,10-11H,(H,8,9). The van der Waals surface area contributed by atoms with Crippen LogP contribution in [0.4, 0.5) is 5.69 Å². The van der Waals surface area contributed by atoms with Gasteiger partial charge in [0.05, 0.1) is 5.69 Å². The third-order valence-corrected chi connectivity index (χ3v) is 2.87. The molecule has 0 amide bonds. The number of nitrogens with one attached hydrogen (secondary N) is 1. The highest BCUT2D eigenvalue weighted by atomic mass is 32.3. The van der Waals surface area contributed by atoms with Crippen molar-refractivity contribution in [1.29, 1.82) is 0 Å². The molecular formula is C7H7N2O2S. The maximum atomic E-state index is 9.43. The number of rotatable bonds is 0. The molecular weight excluding hydrogens is 176 g/mol. The highest BCUT2D eigenvalue weighted by Crippen LogP contribution is 2.49. The Balaban J connectivity index is 2.60. The van der Waals surface area contributed by atoms with E-state index in [9.17, 15) is 9.11 Å². The first-order chi connectivity index (χ1) is 5.70. The van der Waals surface area contributed by atoms with Crippen LogP contribution >= 0.6 is 10.8 Å². The summed E-state index contributed by atoms with van der Waals surface area (Å²) in [5.41, 5.74) is 0.552. The fourth-order valence-electron chi connectivity index (χ4n) is 0.992. The molecule has 12 heavy (non-hydrogen) atoms. The Morgan fingerprint density at radius 3 is 2.83 bits per heavy atom. The van der Waals surface area contributed by atoms with E-state index in [0.29, 0.717) is 10.6 Å². The summed E-state index contributed by atoms with van der Waals surface area (Å²) in [6.45, 7) is 0. The molecule has 1 aromatic rings. The van der Waals surface area contributed by atoms with Crippen LogP contribution in [0.2, 0.25) is 0 Å². The van der Waals surface area contributed by atoms with E-state index in [-0.39, 0.29) is 0 Å². The lowest BCUT2D eigenvalue weighted by atomic mass is 10.3. The number of para-hydroxylation sites is 1. The Morgan fingerprint density at radius 2 is 2.08 bits per heavy atom. The number of aliphatic imine (C=N–C) groups is 1. The monoisotopic (exact) mass is 183 g/mol. The number of fused-ring (bicyclic) bond motifs is 1. The van der Waals surface area contributed by atoms with Gasteiger partial charge in [-0.15, -0.1) is 0 Å². The van der Waals surface area contributed by atoms with Crippen LogP contribution in [0.5, 0.6) is 0 Å². The summed E-state index contributed by atoms with van der Waals surface area (Å²) in [6.07, 6.45) is 2.34. The topological polar surface area (TPSA) is 64.8 Å². The molecule has 0 spiro atoms. The molecule has 4 nitrogen and oxygen atoms in total. The first-order valence-corrected chi connectivity index (χ1v) is 4.84. The second-order valence-electron chi connectivity index (χ2n) is 2.34. The van der Waals surface area contributed by atoms with Crippen LogP contribution in [-0.4, -0.2) is 15.4 Å². The highest BCUT2D eigenvalue weighted by Gasteiger charge is 2.20. The summed E-state index contributed by atoms with van der Waals surface area (Å²) in [5, 5.41) is 0. The largest absolute Gasteiger partial charge is 0.278 e. The van der Waals surface area contributed by atoms with E-state index in [1.165, 1.54) is 0 Å². The van der Waals surface area contributed by atoms with E-state index >= 15 is 0 Å². The van der Waals surface area contributed by atoms with Gasteiger partial charge in [-0.3, -0.25) is 13.8 Å². The molecule has 1 aliphatic heterocycles. The number of nitrogens with zero attached hydrogens (tertiary/aromatic N) is 1. The molecule has 1 aliphatic rings. The number of benzene rings is 1. The fourth-order valence-corrected chi connectivity index (χ4v) is 1.95. The van der Waals surface area contributed by atoms with Crippen molar-refractivity contribution in [3.05, 3.63) is 24.3 Å². The summed E-state index contributed by atoms with van der Waals surface area (Å²) in [7, 11) is -2.90. The van der Waals surface area contributed by atoms with Crippen LogP contribution < -0.4 is 4.72 Å². The van der Waals surface area contributed by atoms with E-state index in [4.69, 9.17) is 0 Å². The van der Waals surface area contributed by atoms with Crippen LogP contribution in [0.3, 0.4) is 0 Å². The van der Waals surface area contributed by atoms with Crippen molar-refractivity contribution in [3.63, 3.8) is 0 Å². The number of hydrogen-bond donors (Lipinski definition) is 3. The number of hydrogen-bond acceptors (Lipinski definition) is 4. The summed E-state index contributed by atoms with van der Waals surface area (Å²) in [5.74, 6) is 0. The quantitative estimate of drug-likeness (QED) is 0.575. The Hall–Kier alpha value is -1.04. The maximum Gasteiger partial charge on any atom is 0.190 e. The predicted octanol–water partition coefficient (Wildman–Crippen LogP) is 1.85. The Labute approximate surface area is 71.4 Å². The van der Waals surface area contributed by atoms with Crippen molar-refractivity contribution in [2.45, 2.75) is 4.90 Å². The molecule has 0 aliphatic carbocycles. The summed E-state index contributed by atoms with van der Waals surface area (Å²) in [6, 6.07) is 6.85. The van der Waals surface area contributed by atoms with Crippen LogP contribution in [0.1, 0.15) is 0 Å². The van der Waals surface area contributed by atoms with E-state index in [1.54, 1.807) is 24.3 Å². The molecule has 1 radical (unpaired) electrons. The molecule has 0 bridgehead atoms. The maximum absolute atomic E-state index is 9.43. The second kappa shape index (κ2) is 2.48. The van der Waals surface area contributed by atoms with Crippen molar-refractivity contribution in [2.75, 3.05) is 0 Å². The zero-order valence-corrected chi connectivity index (χ0v) is 6.88. The van der Waals surface area contributed by atoms with Gasteiger partial charge >= 0.3 is 0 Å². The zero-order valence-electron chi connectivity index (χ0n) is 6.06. The molecule has 0 atom stereocenters. The van der Waals surface area contributed by atoms with Crippen molar-refractivity contribution in [2.24, 2.45) is 4.99 Å². The summed E-state index contributed by atoms with van der Waals surface area (Å²) < 4.78 is 21.2. The fraction of sp³-hybridized carbons (Fsp3) is 0. The summed E-state index contributed by atoms with van der Waals surface area (Å²) >= 11 is 0. The van der Waals surface area contributed by atoms with Gasteiger partial charge in [0.15, 0.2) is 6.34 Å². The minimum absolute atomic E-state index is 0.420. The van der Waals surface area contributed by atoms with Crippen LogP contribution in [0.15, 0.2) is 34.2 Å². The predicted molar refractivity (Wildman–Crippen MR) is 47.8 cm³/mol. The summed E-state index contributed by atoms with van der Waals surface area (Å²) in [4.78, 5) is 4.25. The van der Waals surface area contributed by atoms with E-state index in [2.05, 4.69) is 16.1 Å². The Bertz CT molecular complexity index is 338. The molecule has 5 heteroatoms. The van der Waals surface area contributed by atoms with Gasteiger partial charge in [-0.25, -0.2) is 4.99 Å². The van der Waals surface area contributed by atoms with E-state index < -0.39 is 10.8 Å². The van der Waals surface area contributed by atoms with Gasteiger partial charge in [-0.2, -0.15) is 0 Å². The lowest BCUT2D eigenvalue weighted by Gasteiger charge is -2.34. The SMILES string of the molecule is OS1(O)N[C]=Nc2ccccc21. The molecule has 2 rings (SSSR count). The molecule has 0 saturated carbocycles. The van der Waals surface area contributed by atoms with Crippen LogP contribution in [0.25, 0.3) is 0 Å². The minimum Gasteiger partial charge on any atom is -0.278 e. The zero-order chi connectivity index (χ0) is 8.60. The molecule has 0 fully saturated rings. The molecule has 3 N–H and O–H groups in total. The molecule has 1 heterocycles. The average molecular weight is 183 g/mol.